The minimum atomic E-state index is 0.751. The van der Waals surface area contributed by atoms with Gasteiger partial charge in [0.2, 0.25) is 0 Å². The smallest absolute Gasteiger partial charge is 0.00694 e. The van der Waals surface area contributed by atoms with Crippen LogP contribution in [0.2, 0.25) is 0 Å². The van der Waals surface area contributed by atoms with Crippen LogP contribution < -0.4 is 5.32 Å². The number of hydrogen-bond donors (Lipinski definition) is 1. The molecule has 0 amide bonds. The molecular formula is C12H23N. The third-order valence-electron chi connectivity index (χ3n) is 3.79. The van der Waals surface area contributed by atoms with Gasteiger partial charge in [-0.3, -0.25) is 0 Å². The van der Waals surface area contributed by atoms with Crippen LogP contribution in [0.1, 0.15) is 52.4 Å². The molecule has 2 atom stereocenters. The molecule has 1 N–H and O–H groups in total. The summed E-state index contributed by atoms with van der Waals surface area (Å²) in [5, 5.41) is 3.74. The van der Waals surface area contributed by atoms with E-state index in [-0.39, 0.29) is 0 Å². The molecule has 2 fully saturated rings. The van der Waals surface area contributed by atoms with E-state index >= 15 is 0 Å². The zero-order valence-corrected chi connectivity index (χ0v) is 9.05. The Labute approximate surface area is 82.3 Å². The lowest BCUT2D eigenvalue weighted by Gasteiger charge is -2.30. The van der Waals surface area contributed by atoms with Gasteiger partial charge in [-0.1, -0.05) is 19.3 Å². The highest BCUT2D eigenvalue weighted by atomic mass is 15.0. The Morgan fingerprint density at radius 3 is 2.31 bits per heavy atom. The van der Waals surface area contributed by atoms with Crippen molar-refractivity contribution in [3.8, 4) is 0 Å². The predicted molar refractivity (Wildman–Crippen MR) is 56.7 cm³/mol. The van der Waals surface area contributed by atoms with Crippen LogP contribution in [-0.2, 0) is 0 Å². The van der Waals surface area contributed by atoms with Gasteiger partial charge in [-0.05, 0) is 44.9 Å². The molecule has 0 saturated heterocycles. The summed E-state index contributed by atoms with van der Waals surface area (Å²) in [5.74, 6) is 2.05. The average molecular weight is 181 g/mol. The molecule has 0 heterocycles. The molecular weight excluding hydrogens is 158 g/mol. The quantitative estimate of drug-likeness (QED) is 0.687. The molecule has 2 saturated carbocycles. The summed E-state index contributed by atoms with van der Waals surface area (Å²) in [7, 11) is 0. The van der Waals surface area contributed by atoms with Crippen LogP contribution in [0.3, 0.4) is 0 Å². The summed E-state index contributed by atoms with van der Waals surface area (Å²) in [6.07, 6.45) is 8.80. The van der Waals surface area contributed by atoms with E-state index in [0.717, 1.165) is 23.9 Å². The summed E-state index contributed by atoms with van der Waals surface area (Å²) >= 11 is 0. The lowest BCUT2D eigenvalue weighted by atomic mass is 9.81. The van der Waals surface area contributed by atoms with Crippen LogP contribution in [-0.4, -0.2) is 12.1 Å². The minimum Gasteiger partial charge on any atom is -0.311 e. The maximum atomic E-state index is 3.74. The summed E-state index contributed by atoms with van der Waals surface area (Å²) < 4.78 is 0. The maximum absolute atomic E-state index is 3.74. The molecule has 2 aliphatic carbocycles. The van der Waals surface area contributed by atoms with Crippen molar-refractivity contribution in [2.24, 2.45) is 11.8 Å². The zero-order chi connectivity index (χ0) is 9.26. The largest absolute Gasteiger partial charge is 0.311 e. The van der Waals surface area contributed by atoms with Crippen molar-refractivity contribution in [3.05, 3.63) is 0 Å². The van der Waals surface area contributed by atoms with Crippen molar-refractivity contribution in [3.63, 3.8) is 0 Å². The first-order valence-corrected chi connectivity index (χ1v) is 6.01. The molecule has 76 valence electrons. The van der Waals surface area contributed by atoms with E-state index in [9.17, 15) is 0 Å². The Hall–Kier alpha value is -0.0400. The Balaban J connectivity index is 1.61. The average Bonchev–Trinajstić information content (AvgIpc) is 2.78. The van der Waals surface area contributed by atoms with Gasteiger partial charge >= 0.3 is 0 Å². The van der Waals surface area contributed by atoms with Gasteiger partial charge in [-0.25, -0.2) is 0 Å². The molecule has 2 rings (SSSR count). The second-order valence-corrected chi connectivity index (χ2v) is 5.23. The van der Waals surface area contributed by atoms with Gasteiger partial charge in [0.25, 0.3) is 0 Å². The van der Waals surface area contributed by atoms with Gasteiger partial charge in [-0.2, -0.15) is 0 Å². The molecule has 1 heteroatoms. The van der Waals surface area contributed by atoms with Crippen molar-refractivity contribution in [2.75, 3.05) is 0 Å². The monoisotopic (exact) mass is 181 g/mol. The topological polar surface area (TPSA) is 12.0 Å². The van der Waals surface area contributed by atoms with E-state index in [1.165, 1.54) is 38.5 Å². The summed E-state index contributed by atoms with van der Waals surface area (Å²) in [6, 6.07) is 1.52. The van der Waals surface area contributed by atoms with Gasteiger partial charge in [0.15, 0.2) is 0 Å². The van der Waals surface area contributed by atoms with Gasteiger partial charge < -0.3 is 5.32 Å². The molecule has 0 spiro atoms. The summed E-state index contributed by atoms with van der Waals surface area (Å²) in [4.78, 5) is 0. The van der Waals surface area contributed by atoms with Crippen molar-refractivity contribution in [2.45, 2.75) is 64.5 Å². The van der Waals surface area contributed by atoms with E-state index < -0.39 is 0 Å². The molecule has 2 unspecified atom stereocenters. The third kappa shape index (κ3) is 2.70. The number of rotatable bonds is 5. The van der Waals surface area contributed by atoms with Gasteiger partial charge in [-0.15, -0.1) is 0 Å². The first-order valence-electron chi connectivity index (χ1n) is 6.01. The second-order valence-electron chi connectivity index (χ2n) is 5.23. The normalized spacial score (nSPS) is 28.2. The molecule has 0 aliphatic heterocycles. The number of hydrogen-bond acceptors (Lipinski definition) is 1. The summed E-state index contributed by atoms with van der Waals surface area (Å²) in [6.45, 7) is 4.71. The van der Waals surface area contributed by atoms with E-state index in [4.69, 9.17) is 0 Å². The summed E-state index contributed by atoms with van der Waals surface area (Å²) in [5.41, 5.74) is 0. The highest BCUT2D eigenvalue weighted by Gasteiger charge is 2.29. The van der Waals surface area contributed by atoms with E-state index in [2.05, 4.69) is 19.2 Å². The second kappa shape index (κ2) is 4.00. The van der Waals surface area contributed by atoms with Gasteiger partial charge in [0.1, 0.15) is 0 Å². The molecule has 1 nitrogen and oxygen atoms in total. The third-order valence-corrected chi connectivity index (χ3v) is 3.79. The minimum absolute atomic E-state index is 0.751. The van der Waals surface area contributed by atoms with Gasteiger partial charge in [0.05, 0.1) is 0 Å². The standard InChI is InChI=1S/C12H23N/c1-9(8-11-4-3-5-11)13-10(2)12-6-7-12/h9-13H,3-8H2,1-2H3. The molecule has 0 aromatic rings. The van der Waals surface area contributed by atoms with Crippen molar-refractivity contribution < 1.29 is 0 Å². The van der Waals surface area contributed by atoms with Crippen molar-refractivity contribution in [1.29, 1.82) is 0 Å². The fraction of sp³-hybridized carbons (Fsp3) is 1.00. The molecule has 13 heavy (non-hydrogen) atoms. The fourth-order valence-corrected chi connectivity index (χ4v) is 2.48. The number of nitrogens with one attached hydrogen (secondary N) is 1. The van der Waals surface area contributed by atoms with E-state index in [0.29, 0.717) is 0 Å². The van der Waals surface area contributed by atoms with Crippen LogP contribution in [0.25, 0.3) is 0 Å². The maximum Gasteiger partial charge on any atom is 0.00694 e. The van der Waals surface area contributed by atoms with Gasteiger partial charge in [0, 0.05) is 12.1 Å². The molecule has 2 aliphatic rings. The Kier molecular flexibility index (Phi) is 2.92. The van der Waals surface area contributed by atoms with Crippen LogP contribution in [0.5, 0.6) is 0 Å². The fourth-order valence-electron chi connectivity index (χ4n) is 2.48. The highest BCUT2D eigenvalue weighted by Crippen LogP contribution is 2.34. The highest BCUT2D eigenvalue weighted by molar-refractivity contribution is 4.85. The lowest BCUT2D eigenvalue weighted by Crippen LogP contribution is -2.37. The van der Waals surface area contributed by atoms with Crippen molar-refractivity contribution in [1.82, 2.24) is 5.32 Å². The molecule has 0 aromatic carbocycles. The molecule has 0 aromatic heterocycles. The SMILES string of the molecule is CC(CC1CCC1)NC(C)C1CC1. The first-order chi connectivity index (χ1) is 6.25. The predicted octanol–water partition coefficient (Wildman–Crippen LogP) is 2.95. The zero-order valence-electron chi connectivity index (χ0n) is 9.05. The van der Waals surface area contributed by atoms with Crippen LogP contribution in [0, 0.1) is 11.8 Å². The Morgan fingerprint density at radius 2 is 1.85 bits per heavy atom. The van der Waals surface area contributed by atoms with Crippen molar-refractivity contribution >= 4 is 0 Å². The molecule has 0 radical (unpaired) electrons. The lowest BCUT2D eigenvalue weighted by molar-refractivity contribution is 0.256. The van der Waals surface area contributed by atoms with E-state index in [1.807, 2.05) is 0 Å². The van der Waals surface area contributed by atoms with E-state index in [1.54, 1.807) is 0 Å². The van der Waals surface area contributed by atoms with Crippen LogP contribution in [0.4, 0.5) is 0 Å². The van der Waals surface area contributed by atoms with Crippen LogP contribution >= 0.6 is 0 Å². The Morgan fingerprint density at radius 1 is 1.15 bits per heavy atom. The Bertz CT molecular complexity index is 159. The first kappa shape index (κ1) is 9.51. The molecule has 0 bridgehead atoms. The van der Waals surface area contributed by atoms with Crippen LogP contribution in [0.15, 0.2) is 0 Å².